The predicted molar refractivity (Wildman–Crippen MR) is 182 cm³/mol. The van der Waals surface area contributed by atoms with Crippen molar-refractivity contribution in [2.45, 2.75) is 0 Å². The molecule has 0 saturated heterocycles. The molecule has 4 nitrogen and oxygen atoms in total. The van der Waals surface area contributed by atoms with E-state index in [-0.39, 0.29) is 0 Å². The van der Waals surface area contributed by atoms with Crippen molar-refractivity contribution in [2.75, 3.05) is 0 Å². The third kappa shape index (κ3) is 3.28. The Morgan fingerprint density at radius 3 is 2.07 bits per heavy atom. The third-order valence-corrected chi connectivity index (χ3v) is 8.97. The molecule has 10 rings (SSSR count). The fourth-order valence-corrected chi connectivity index (χ4v) is 6.95. The molecule has 0 unspecified atom stereocenters. The number of nitrogens with zero attached hydrogens (tertiary/aromatic N) is 3. The average Bonchev–Trinajstić information content (AvgIpc) is 3.62. The monoisotopic (exact) mass is 561 g/mol. The molecule has 10 aromatic rings. The maximum absolute atomic E-state index is 6.44. The van der Waals surface area contributed by atoms with Gasteiger partial charge in [0.05, 0.1) is 22.2 Å². The van der Waals surface area contributed by atoms with E-state index in [1.807, 2.05) is 12.1 Å². The molecule has 0 amide bonds. The third-order valence-electron chi connectivity index (χ3n) is 8.97. The van der Waals surface area contributed by atoms with Crippen molar-refractivity contribution in [3.05, 3.63) is 140 Å². The van der Waals surface area contributed by atoms with Crippen molar-refractivity contribution in [1.82, 2.24) is 14.5 Å². The number of aromatic nitrogens is 3. The summed E-state index contributed by atoms with van der Waals surface area (Å²) in [5.41, 5.74) is 6.68. The minimum Gasteiger partial charge on any atom is -0.456 e. The van der Waals surface area contributed by atoms with Gasteiger partial charge in [-0.05, 0) is 64.0 Å². The van der Waals surface area contributed by atoms with E-state index in [4.69, 9.17) is 14.4 Å². The van der Waals surface area contributed by atoms with Crippen LogP contribution in [-0.2, 0) is 0 Å². The molecule has 0 aliphatic heterocycles. The Labute approximate surface area is 251 Å². The summed E-state index contributed by atoms with van der Waals surface area (Å²) in [5.74, 6) is 0.649. The minimum atomic E-state index is 0.649. The summed E-state index contributed by atoms with van der Waals surface area (Å²) in [6.07, 6.45) is 0. The number of furan rings is 1. The molecular formula is C40H23N3O. The van der Waals surface area contributed by atoms with Gasteiger partial charge < -0.3 is 4.42 Å². The SMILES string of the molecule is c1ccc2cc3c(cc2c1)c1ccccc1n3-c1nc(-c2ccc3c(c2)oc2ccc4ccccc4c23)c2ccccc2n1. The first kappa shape index (κ1) is 23.6. The van der Waals surface area contributed by atoms with Crippen molar-refractivity contribution in [2.24, 2.45) is 0 Å². The molecule has 0 aliphatic rings. The van der Waals surface area contributed by atoms with E-state index in [2.05, 4.69) is 132 Å². The normalized spacial score (nSPS) is 12.1. The van der Waals surface area contributed by atoms with E-state index in [1.54, 1.807) is 0 Å². The van der Waals surface area contributed by atoms with Crippen LogP contribution in [0.25, 0.3) is 93.4 Å². The second-order valence-corrected chi connectivity index (χ2v) is 11.4. The molecule has 7 aromatic carbocycles. The van der Waals surface area contributed by atoms with Crippen LogP contribution in [0.4, 0.5) is 0 Å². The van der Waals surface area contributed by atoms with Crippen LogP contribution < -0.4 is 0 Å². The van der Waals surface area contributed by atoms with Gasteiger partial charge in [-0.1, -0.05) is 97.1 Å². The Balaban J connectivity index is 1.26. The highest BCUT2D eigenvalue weighted by Gasteiger charge is 2.19. The summed E-state index contributed by atoms with van der Waals surface area (Å²) in [6.45, 7) is 0. The molecule has 0 atom stereocenters. The van der Waals surface area contributed by atoms with Gasteiger partial charge in [-0.15, -0.1) is 0 Å². The molecule has 0 bridgehead atoms. The molecule has 44 heavy (non-hydrogen) atoms. The van der Waals surface area contributed by atoms with E-state index < -0.39 is 0 Å². The van der Waals surface area contributed by atoms with Crippen molar-refractivity contribution in [3.63, 3.8) is 0 Å². The van der Waals surface area contributed by atoms with Gasteiger partial charge in [-0.25, -0.2) is 9.97 Å². The summed E-state index contributed by atoms with van der Waals surface area (Å²) in [7, 11) is 0. The number of benzene rings is 7. The molecule has 4 heteroatoms. The molecule has 0 spiro atoms. The first-order valence-corrected chi connectivity index (χ1v) is 14.8. The molecule has 204 valence electrons. The van der Waals surface area contributed by atoms with Crippen molar-refractivity contribution < 1.29 is 4.42 Å². The largest absolute Gasteiger partial charge is 0.456 e. The zero-order valence-corrected chi connectivity index (χ0v) is 23.5. The zero-order valence-electron chi connectivity index (χ0n) is 23.5. The van der Waals surface area contributed by atoms with Gasteiger partial charge in [0, 0.05) is 32.5 Å². The van der Waals surface area contributed by atoms with Gasteiger partial charge in [-0.2, -0.15) is 0 Å². The Hall–Kier alpha value is -6.00. The van der Waals surface area contributed by atoms with Crippen LogP contribution in [0.15, 0.2) is 144 Å². The maximum Gasteiger partial charge on any atom is 0.235 e. The highest BCUT2D eigenvalue weighted by atomic mass is 16.3. The van der Waals surface area contributed by atoms with Gasteiger partial charge in [0.15, 0.2) is 0 Å². The molecule has 0 radical (unpaired) electrons. The Morgan fingerprint density at radius 2 is 1.18 bits per heavy atom. The number of hydrogen-bond acceptors (Lipinski definition) is 3. The van der Waals surface area contributed by atoms with E-state index in [9.17, 15) is 0 Å². The van der Waals surface area contributed by atoms with Crippen LogP contribution >= 0.6 is 0 Å². The quantitative estimate of drug-likeness (QED) is 0.211. The molecule has 0 saturated carbocycles. The van der Waals surface area contributed by atoms with E-state index in [0.29, 0.717) is 5.95 Å². The van der Waals surface area contributed by atoms with Crippen LogP contribution in [0, 0.1) is 0 Å². The lowest BCUT2D eigenvalue weighted by molar-refractivity contribution is 0.669. The average molecular weight is 562 g/mol. The molecule has 3 heterocycles. The lowest BCUT2D eigenvalue weighted by atomic mass is 10.0. The first-order valence-electron chi connectivity index (χ1n) is 14.8. The van der Waals surface area contributed by atoms with Crippen molar-refractivity contribution in [3.8, 4) is 17.2 Å². The number of fused-ring (bicyclic) bond motifs is 10. The lowest BCUT2D eigenvalue weighted by Crippen LogP contribution is -2.03. The van der Waals surface area contributed by atoms with Crippen molar-refractivity contribution >= 4 is 76.2 Å². The van der Waals surface area contributed by atoms with Crippen LogP contribution in [-0.4, -0.2) is 14.5 Å². The fraction of sp³-hybridized carbons (Fsp3) is 0. The highest BCUT2D eigenvalue weighted by Crippen LogP contribution is 2.39. The Morgan fingerprint density at radius 1 is 0.455 bits per heavy atom. The number of para-hydroxylation sites is 2. The standard InChI is InChI=1S/C40H23N3O/c1-2-11-26-22-35-32(21-25(26)10-1)29-13-6-8-16-34(29)43(35)40-41-33-15-7-5-14-30(33)39(42-40)27-17-19-31-37(23-27)44-36-20-18-24-9-3-4-12-28(24)38(31)36/h1-23H. The lowest BCUT2D eigenvalue weighted by Gasteiger charge is -2.12. The zero-order chi connectivity index (χ0) is 28.8. The minimum absolute atomic E-state index is 0.649. The van der Waals surface area contributed by atoms with Crippen LogP contribution in [0.5, 0.6) is 0 Å². The first-order chi connectivity index (χ1) is 21.8. The predicted octanol–water partition coefficient (Wildman–Crippen LogP) is 10.6. The number of rotatable bonds is 2. The molecule has 3 aromatic heterocycles. The van der Waals surface area contributed by atoms with Crippen molar-refractivity contribution in [1.29, 1.82) is 0 Å². The van der Waals surface area contributed by atoms with Crippen LogP contribution in [0.1, 0.15) is 0 Å². The second-order valence-electron chi connectivity index (χ2n) is 11.4. The van der Waals surface area contributed by atoms with Gasteiger partial charge in [-0.3, -0.25) is 4.57 Å². The Kier molecular flexibility index (Phi) is 4.69. The summed E-state index contributed by atoms with van der Waals surface area (Å²) in [6, 6.07) is 49.0. The Bertz CT molecular complexity index is 2790. The maximum atomic E-state index is 6.44. The summed E-state index contributed by atoms with van der Waals surface area (Å²) >= 11 is 0. The van der Waals surface area contributed by atoms with E-state index >= 15 is 0 Å². The number of hydrogen-bond donors (Lipinski definition) is 0. The van der Waals surface area contributed by atoms with E-state index in [1.165, 1.54) is 32.3 Å². The molecule has 0 aliphatic carbocycles. The highest BCUT2D eigenvalue weighted by molar-refractivity contribution is 6.19. The smallest absolute Gasteiger partial charge is 0.235 e. The fourth-order valence-electron chi connectivity index (χ4n) is 6.95. The van der Waals surface area contributed by atoms with Gasteiger partial charge in [0.25, 0.3) is 0 Å². The second kappa shape index (κ2) is 8.76. The topological polar surface area (TPSA) is 43.9 Å². The van der Waals surface area contributed by atoms with Gasteiger partial charge >= 0.3 is 0 Å². The van der Waals surface area contributed by atoms with Crippen LogP contribution in [0.2, 0.25) is 0 Å². The van der Waals surface area contributed by atoms with Crippen LogP contribution in [0.3, 0.4) is 0 Å². The van der Waals surface area contributed by atoms with Gasteiger partial charge in [0.1, 0.15) is 11.2 Å². The van der Waals surface area contributed by atoms with E-state index in [0.717, 1.165) is 55.1 Å². The molecular weight excluding hydrogens is 538 g/mol. The van der Waals surface area contributed by atoms with Gasteiger partial charge in [0.2, 0.25) is 5.95 Å². The summed E-state index contributed by atoms with van der Waals surface area (Å²) in [4.78, 5) is 10.5. The summed E-state index contributed by atoms with van der Waals surface area (Å²) < 4.78 is 8.65. The molecule has 0 N–H and O–H groups in total. The molecule has 0 fully saturated rings. The summed E-state index contributed by atoms with van der Waals surface area (Å²) in [5, 5.41) is 10.4.